The van der Waals surface area contributed by atoms with Crippen LogP contribution in [0.3, 0.4) is 0 Å². The lowest BCUT2D eigenvalue weighted by atomic mass is 9.79. The Balaban J connectivity index is 1.73. The van der Waals surface area contributed by atoms with Crippen LogP contribution in [0.2, 0.25) is 0 Å². The van der Waals surface area contributed by atoms with Crippen LogP contribution < -0.4 is 5.32 Å². The van der Waals surface area contributed by atoms with Gasteiger partial charge < -0.3 is 5.32 Å². The van der Waals surface area contributed by atoms with Gasteiger partial charge in [0.1, 0.15) is 0 Å². The molecular weight excluding hydrogens is 184 g/mol. The summed E-state index contributed by atoms with van der Waals surface area (Å²) in [4.78, 5) is 0. The molecule has 0 aromatic heterocycles. The third-order valence-electron chi connectivity index (χ3n) is 3.79. The minimum absolute atomic E-state index is 0.0752. The van der Waals surface area contributed by atoms with E-state index in [1.165, 1.54) is 12.8 Å². The zero-order valence-corrected chi connectivity index (χ0v) is 8.73. The first-order chi connectivity index (χ1) is 6.57. The number of alkyl halides is 2. The molecule has 0 saturated heterocycles. The zero-order valence-electron chi connectivity index (χ0n) is 8.73. The average molecular weight is 203 g/mol. The van der Waals surface area contributed by atoms with Crippen molar-refractivity contribution in [2.75, 3.05) is 0 Å². The SMILES string of the molecule is CC1CCC1NC1CCC(F)(F)CC1. The summed E-state index contributed by atoms with van der Waals surface area (Å²) in [7, 11) is 0. The van der Waals surface area contributed by atoms with Gasteiger partial charge in [0.05, 0.1) is 0 Å². The molecule has 0 aromatic rings. The van der Waals surface area contributed by atoms with Crippen molar-refractivity contribution in [2.24, 2.45) is 5.92 Å². The van der Waals surface area contributed by atoms with Gasteiger partial charge in [-0.05, 0) is 31.6 Å². The lowest BCUT2D eigenvalue weighted by Crippen LogP contribution is -2.49. The molecule has 1 nitrogen and oxygen atoms in total. The number of hydrogen-bond donors (Lipinski definition) is 1. The second-order valence-corrected chi connectivity index (χ2v) is 4.96. The van der Waals surface area contributed by atoms with Crippen molar-refractivity contribution in [3.63, 3.8) is 0 Å². The summed E-state index contributed by atoms with van der Waals surface area (Å²) in [5.74, 6) is -1.64. The number of nitrogens with one attached hydrogen (secondary N) is 1. The number of rotatable bonds is 2. The normalized spacial score (nSPS) is 37.9. The summed E-state index contributed by atoms with van der Waals surface area (Å²) < 4.78 is 25.7. The first-order valence-electron chi connectivity index (χ1n) is 5.71. The Hall–Kier alpha value is -0.180. The highest BCUT2D eigenvalue weighted by molar-refractivity contribution is 4.89. The van der Waals surface area contributed by atoms with E-state index in [0.717, 1.165) is 5.92 Å². The van der Waals surface area contributed by atoms with E-state index in [1.807, 2.05) is 0 Å². The topological polar surface area (TPSA) is 12.0 Å². The largest absolute Gasteiger partial charge is 0.311 e. The van der Waals surface area contributed by atoms with Gasteiger partial charge in [-0.3, -0.25) is 0 Å². The minimum atomic E-state index is -2.39. The van der Waals surface area contributed by atoms with E-state index >= 15 is 0 Å². The van der Waals surface area contributed by atoms with E-state index in [0.29, 0.717) is 24.9 Å². The fourth-order valence-electron chi connectivity index (χ4n) is 2.42. The second kappa shape index (κ2) is 3.76. The van der Waals surface area contributed by atoms with Crippen molar-refractivity contribution in [1.29, 1.82) is 0 Å². The summed E-state index contributed by atoms with van der Waals surface area (Å²) >= 11 is 0. The Labute approximate surface area is 84.3 Å². The maximum atomic E-state index is 12.9. The van der Waals surface area contributed by atoms with Crippen molar-refractivity contribution in [2.45, 2.75) is 63.5 Å². The van der Waals surface area contributed by atoms with Crippen molar-refractivity contribution >= 4 is 0 Å². The molecule has 0 bridgehead atoms. The average Bonchev–Trinajstić information content (AvgIpc) is 2.14. The van der Waals surface area contributed by atoms with E-state index in [-0.39, 0.29) is 12.8 Å². The van der Waals surface area contributed by atoms with Crippen molar-refractivity contribution in [3.05, 3.63) is 0 Å². The standard InChI is InChI=1S/C11H19F2N/c1-8-2-3-10(8)14-9-4-6-11(12,13)7-5-9/h8-10,14H,2-7H2,1H3. The van der Waals surface area contributed by atoms with Gasteiger partial charge in [-0.15, -0.1) is 0 Å². The summed E-state index contributed by atoms with van der Waals surface area (Å²) in [5.41, 5.74) is 0. The van der Waals surface area contributed by atoms with Crippen LogP contribution in [0.25, 0.3) is 0 Å². The predicted octanol–water partition coefficient (Wildman–Crippen LogP) is 2.95. The second-order valence-electron chi connectivity index (χ2n) is 4.96. The van der Waals surface area contributed by atoms with Crippen LogP contribution in [0.15, 0.2) is 0 Å². The van der Waals surface area contributed by atoms with E-state index in [9.17, 15) is 8.78 Å². The summed E-state index contributed by atoms with van der Waals surface area (Å²) in [6.45, 7) is 2.23. The number of halogens is 2. The fraction of sp³-hybridized carbons (Fsp3) is 1.00. The fourth-order valence-corrected chi connectivity index (χ4v) is 2.42. The van der Waals surface area contributed by atoms with E-state index < -0.39 is 5.92 Å². The maximum absolute atomic E-state index is 12.9. The molecule has 2 atom stereocenters. The molecule has 0 aromatic carbocycles. The minimum Gasteiger partial charge on any atom is -0.311 e. The van der Waals surface area contributed by atoms with Gasteiger partial charge in [-0.25, -0.2) is 8.78 Å². The molecule has 14 heavy (non-hydrogen) atoms. The maximum Gasteiger partial charge on any atom is 0.248 e. The lowest BCUT2D eigenvalue weighted by molar-refractivity contribution is -0.0428. The molecule has 0 spiro atoms. The zero-order chi connectivity index (χ0) is 10.2. The molecule has 0 aliphatic heterocycles. The summed E-state index contributed by atoms with van der Waals surface area (Å²) in [5, 5.41) is 3.51. The van der Waals surface area contributed by atoms with Gasteiger partial charge in [0.15, 0.2) is 0 Å². The summed E-state index contributed by atoms with van der Waals surface area (Å²) in [6, 6.07) is 0.953. The Morgan fingerprint density at radius 3 is 2.14 bits per heavy atom. The van der Waals surface area contributed by atoms with Gasteiger partial charge in [0.2, 0.25) is 5.92 Å². The molecule has 1 N–H and O–H groups in total. The molecule has 2 fully saturated rings. The molecule has 2 rings (SSSR count). The Morgan fingerprint density at radius 1 is 1.07 bits per heavy atom. The molecule has 82 valence electrons. The number of hydrogen-bond acceptors (Lipinski definition) is 1. The van der Waals surface area contributed by atoms with Crippen molar-refractivity contribution in [1.82, 2.24) is 5.32 Å². The van der Waals surface area contributed by atoms with Crippen LogP contribution in [0.5, 0.6) is 0 Å². The molecule has 2 saturated carbocycles. The Morgan fingerprint density at radius 2 is 1.71 bits per heavy atom. The molecule has 2 aliphatic rings. The smallest absolute Gasteiger partial charge is 0.248 e. The summed E-state index contributed by atoms with van der Waals surface area (Å²) in [6.07, 6.45) is 3.97. The van der Waals surface area contributed by atoms with Gasteiger partial charge in [-0.2, -0.15) is 0 Å². The molecule has 0 amide bonds. The highest BCUT2D eigenvalue weighted by atomic mass is 19.3. The third kappa shape index (κ3) is 2.25. The quantitative estimate of drug-likeness (QED) is 0.727. The molecule has 3 heteroatoms. The highest BCUT2D eigenvalue weighted by Gasteiger charge is 2.37. The molecular formula is C11H19F2N. The van der Waals surface area contributed by atoms with E-state index in [2.05, 4.69) is 12.2 Å². The van der Waals surface area contributed by atoms with Crippen LogP contribution in [-0.2, 0) is 0 Å². The Bertz CT molecular complexity index is 195. The van der Waals surface area contributed by atoms with Crippen LogP contribution in [-0.4, -0.2) is 18.0 Å². The van der Waals surface area contributed by atoms with Crippen LogP contribution >= 0.6 is 0 Å². The third-order valence-corrected chi connectivity index (χ3v) is 3.79. The molecule has 0 radical (unpaired) electrons. The van der Waals surface area contributed by atoms with Crippen LogP contribution in [0, 0.1) is 5.92 Å². The van der Waals surface area contributed by atoms with Crippen LogP contribution in [0.4, 0.5) is 8.78 Å². The monoisotopic (exact) mass is 203 g/mol. The molecule has 2 unspecified atom stereocenters. The van der Waals surface area contributed by atoms with E-state index in [4.69, 9.17) is 0 Å². The molecule has 0 heterocycles. The first-order valence-corrected chi connectivity index (χ1v) is 5.71. The van der Waals surface area contributed by atoms with Gasteiger partial charge in [0, 0.05) is 24.9 Å². The first kappa shape index (κ1) is 10.3. The predicted molar refractivity (Wildman–Crippen MR) is 52.5 cm³/mol. The van der Waals surface area contributed by atoms with Crippen LogP contribution in [0.1, 0.15) is 45.4 Å². The molecule has 2 aliphatic carbocycles. The van der Waals surface area contributed by atoms with E-state index in [1.54, 1.807) is 0 Å². The van der Waals surface area contributed by atoms with Gasteiger partial charge in [0.25, 0.3) is 0 Å². The highest BCUT2D eigenvalue weighted by Crippen LogP contribution is 2.35. The van der Waals surface area contributed by atoms with Crippen molar-refractivity contribution in [3.8, 4) is 0 Å². The lowest BCUT2D eigenvalue weighted by Gasteiger charge is -2.39. The van der Waals surface area contributed by atoms with Crippen molar-refractivity contribution < 1.29 is 8.78 Å². The Kier molecular flexibility index (Phi) is 2.78. The van der Waals surface area contributed by atoms with Gasteiger partial charge in [-0.1, -0.05) is 6.92 Å². The van der Waals surface area contributed by atoms with Gasteiger partial charge >= 0.3 is 0 Å².